The van der Waals surface area contributed by atoms with Crippen molar-refractivity contribution in [3.05, 3.63) is 35.4 Å². The molecule has 0 amide bonds. The molecule has 0 bridgehead atoms. The van der Waals surface area contributed by atoms with Gasteiger partial charge in [-0.05, 0) is 13.0 Å². The minimum atomic E-state index is 0.765. The van der Waals surface area contributed by atoms with Crippen molar-refractivity contribution in [3.8, 4) is 0 Å². The minimum absolute atomic E-state index is 0.765. The first kappa shape index (κ1) is 9.43. The van der Waals surface area contributed by atoms with Crippen LogP contribution in [0.5, 0.6) is 0 Å². The molecule has 1 N–H and O–H groups in total. The summed E-state index contributed by atoms with van der Waals surface area (Å²) in [5.41, 5.74) is 0.765. The standard InChI is InChI=1S/C7H10BNS/c1-3-5-6(9-8)7(10)4-2/h3-5,9-10H,1H2,2H3/b6-5+,7-4+. The Morgan fingerprint density at radius 2 is 2.30 bits per heavy atom. The Kier molecular flexibility index (Phi) is 4.94. The van der Waals surface area contributed by atoms with Crippen molar-refractivity contribution in [1.29, 1.82) is 0 Å². The smallest absolute Gasteiger partial charge is 0.222 e. The quantitative estimate of drug-likeness (QED) is 0.354. The van der Waals surface area contributed by atoms with E-state index in [2.05, 4.69) is 24.4 Å². The molecule has 0 saturated heterocycles. The van der Waals surface area contributed by atoms with Crippen LogP contribution in [0.25, 0.3) is 0 Å². The molecule has 52 valence electrons. The van der Waals surface area contributed by atoms with Crippen LogP contribution < -0.4 is 5.23 Å². The predicted octanol–water partition coefficient (Wildman–Crippen LogP) is 1.56. The van der Waals surface area contributed by atoms with E-state index in [1.165, 1.54) is 0 Å². The average Bonchev–Trinajstić information content (AvgIpc) is 1.99. The van der Waals surface area contributed by atoms with Crippen LogP contribution in [-0.2, 0) is 0 Å². The van der Waals surface area contributed by atoms with Gasteiger partial charge in [0.15, 0.2) is 0 Å². The fourth-order valence-corrected chi connectivity index (χ4v) is 0.620. The van der Waals surface area contributed by atoms with E-state index >= 15 is 0 Å². The molecular formula is C7H10BNS. The number of nitrogens with one attached hydrogen (secondary N) is 1. The van der Waals surface area contributed by atoms with E-state index in [0.717, 1.165) is 10.6 Å². The van der Waals surface area contributed by atoms with Gasteiger partial charge in [0.25, 0.3) is 0 Å². The summed E-state index contributed by atoms with van der Waals surface area (Å²) in [5, 5.41) is 2.50. The minimum Gasteiger partial charge on any atom is -0.436 e. The molecule has 0 atom stereocenters. The number of thiol groups is 1. The van der Waals surface area contributed by atoms with Crippen LogP contribution in [0.2, 0.25) is 0 Å². The normalized spacial score (nSPS) is 13.0. The van der Waals surface area contributed by atoms with Gasteiger partial charge in [-0.2, -0.15) is 0 Å². The SMILES string of the molecule is [B]NC(=C/C=C)/C(S)=C\C. The highest BCUT2D eigenvalue weighted by molar-refractivity contribution is 7.84. The molecule has 0 aromatic heterocycles. The number of hydrogen-bond donors (Lipinski definition) is 2. The number of rotatable bonds is 3. The highest BCUT2D eigenvalue weighted by atomic mass is 32.1. The maximum Gasteiger partial charge on any atom is 0.222 e. The van der Waals surface area contributed by atoms with Crippen molar-refractivity contribution < 1.29 is 0 Å². The van der Waals surface area contributed by atoms with Gasteiger partial charge in [-0.25, -0.2) is 0 Å². The summed E-state index contributed by atoms with van der Waals surface area (Å²) >= 11 is 4.14. The zero-order valence-corrected chi connectivity index (χ0v) is 6.86. The van der Waals surface area contributed by atoms with E-state index in [0.29, 0.717) is 0 Å². The van der Waals surface area contributed by atoms with Gasteiger partial charge in [-0.1, -0.05) is 18.7 Å². The Labute approximate surface area is 68.7 Å². The second kappa shape index (κ2) is 5.24. The van der Waals surface area contributed by atoms with Crippen molar-refractivity contribution in [2.45, 2.75) is 6.92 Å². The first-order chi connectivity index (χ1) is 4.76. The molecule has 0 aliphatic carbocycles. The van der Waals surface area contributed by atoms with Crippen molar-refractivity contribution in [3.63, 3.8) is 0 Å². The maximum atomic E-state index is 5.18. The summed E-state index contributed by atoms with van der Waals surface area (Å²) in [6.07, 6.45) is 5.25. The van der Waals surface area contributed by atoms with Crippen LogP contribution in [0, 0.1) is 0 Å². The van der Waals surface area contributed by atoms with Crippen LogP contribution in [-0.4, -0.2) is 7.98 Å². The lowest BCUT2D eigenvalue weighted by molar-refractivity contribution is 1.25. The van der Waals surface area contributed by atoms with Crippen LogP contribution in [0.3, 0.4) is 0 Å². The average molecular weight is 151 g/mol. The van der Waals surface area contributed by atoms with Crippen LogP contribution in [0.15, 0.2) is 35.4 Å². The van der Waals surface area contributed by atoms with Gasteiger partial charge in [0, 0.05) is 10.6 Å². The molecule has 0 aromatic rings. The Bertz CT molecular complexity index is 172. The lowest BCUT2D eigenvalue weighted by atomic mass is 10.3. The summed E-state index contributed by atoms with van der Waals surface area (Å²) in [6, 6.07) is 0. The molecule has 0 aromatic carbocycles. The fourth-order valence-electron chi connectivity index (χ4n) is 0.481. The second-order valence-electron chi connectivity index (χ2n) is 1.63. The summed E-state index contributed by atoms with van der Waals surface area (Å²) in [5.74, 6) is 0. The first-order valence-electron chi connectivity index (χ1n) is 2.91. The highest BCUT2D eigenvalue weighted by Crippen LogP contribution is 2.09. The van der Waals surface area contributed by atoms with Gasteiger partial charge in [0.1, 0.15) is 0 Å². The van der Waals surface area contributed by atoms with Crippen molar-refractivity contribution in [1.82, 2.24) is 5.23 Å². The van der Waals surface area contributed by atoms with E-state index in [-0.39, 0.29) is 0 Å². The molecule has 0 unspecified atom stereocenters. The van der Waals surface area contributed by atoms with Gasteiger partial charge in [-0.15, -0.1) is 12.6 Å². The monoisotopic (exact) mass is 151 g/mol. The van der Waals surface area contributed by atoms with E-state index in [4.69, 9.17) is 7.98 Å². The van der Waals surface area contributed by atoms with Crippen molar-refractivity contribution in [2.24, 2.45) is 0 Å². The van der Waals surface area contributed by atoms with E-state index in [1.54, 1.807) is 12.2 Å². The molecule has 0 rings (SSSR count). The molecule has 0 spiro atoms. The van der Waals surface area contributed by atoms with Gasteiger partial charge < -0.3 is 5.23 Å². The third-order valence-electron chi connectivity index (χ3n) is 0.989. The molecule has 3 heteroatoms. The molecule has 10 heavy (non-hydrogen) atoms. The molecule has 0 aliphatic rings. The molecule has 0 saturated carbocycles. The second-order valence-corrected chi connectivity index (χ2v) is 2.12. The first-order valence-corrected chi connectivity index (χ1v) is 3.36. The van der Waals surface area contributed by atoms with Crippen molar-refractivity contribution in [2.75, 3.05) is 0 Å². The van der Waals surface area contributed by atoms with Crippen LogP contribution in [0.1, 0.15) is 6.92 Å². The molecule has 0 aliphatic heterocycles. The molecular weight excluding hydrogens is 141 g/mol. The lowest BCUT2D eigenvalue weighted by Crippen LogP contribution is -2.07. The highest BCUT2D eigenvalue weighted by Gasteiger charge is 1.92. The Hall–Kier alpha value is -0.565. The third-order valence-corrected chi connectivity index (χ3v) is 1.49. The van der Waals surface area contributed by atoms with Gasteiger partial charge in [-0.3, -0.25) is 0 Å². The van der Waals surface area contributed by atoms with Gasteiger partial charge in [0.05, 0.1) is 0 Å². The van der Waals surface area contributed by atoms with Crippen molar-refractivity contribution >= 4 is 20.6 Å². The molecule has 0 fully saturated rings. The Balaban J connectivity index is 4.35. The lowest BCUT2D eigenvalue weighted by Gasteiger charge is -2.03. The largest absolute Gasteiger partial charge is 0.436 e. The summed E-state index contributed by atoms with van der Waals surface area (Å²) in [4.78, 5) is 0.808. The zero-order valence-electron chi connectivity index (χ0n) is 5.96. The van der Waals surface area contributed by atoms with Crippen LogP contribution >= 0.6 is 12.6 Å². The van der Waals surface area contributed by atoms with E-state index < -0.39 is 0 Å². The Morgan fingerprint density at radius 1 is 1.70 bits per heavy atom. The predicted molar refractivity (Wildman–Crippen MR) is 49.9 cm³/mol. The Morgan fingerprint density at radius 3 is 2.60 bits per heavy atom. The van der Waals surface area contributed by atoms with Gasteiger partial charge >= 0.3 is 0 Å². The molecule has 2 radical (unpaired) electrons. The zero-order chi connectivity index (χ0) is 7.98. The maximum absolute atomic E-state index is 5.18. The van der Waals surface area contributed by atoms with E-state index in [9.17, 15) is 0 Å². The van der Waals surface area contributed by atoms with Crippen LogP contribution in [0.4, 0.5) is 0 Å². The van der Waals surface area contributed by atoms with E-state index in [1.807, 2.05) is 13.0 Å². The fraction of sp³-hybridized carbons (Fsp3) is 0.143. The molecule has 1 nitrogen and oxygen atoms in total. The van der Waals surface area contributed by atoms with Gasteiger partial charge in [0.2, 0.25) is 7.98 Å². The molecule has 0 heterocycles. The number of hydrogen-bond acceptors (Lipinski definition) is 2. The number of allylic oxidation sites excluding steroid dienone is 3. The topological polar surface area (TPSA) is 12.0 Å². The third kappa shape index (κ3) is 2.83. The summed E-state index contributed by atoms with van der Waals surface area (Å²) in [7, 11) is 5.18. The summed E-state index contributed by atoms with van der Waals surface area (Å²) < 4.78 is 0. The summed E-state index contributed by atoms with van der Waals surface area (Å²) in [6.45, 7) is 5.42.